The number of hydrogen-bond acceptors (Lipinski definition) is 7. The van der Waals surface area contributed by atoms with Crippen LogP contribution in [0.5, 0.6) is 0 Å². The Morgan fingerprint density at radius 2 is 2.20 bits per heavy atom. The first-order chi connectivity index (χ1) is 9.65. The van der Waals surface area contributed by atoms with E-state index in [1.165, 1.54) is 0 Å². The van der Waals surface area contributed by atoms with Gasteiger partial charge in [-0.15, -0.1) is 10.2 Å². The van der Waals surface area contributed by atoms with Gasteiger partial charge in [-0.2, -0.15) is 0 Å². The number of nitrogens with zero attached hydrogens (tertiary/aromatic N) is 3. The number of piperidine rings is 1. The van der Waals surface area contributed by atoms with Crippen LogP contribution in [-0.2, 0) is 4.74 Å². The predicted molar refractivity (Wildman–Crippen MR) is 77.9 cm³/mol. The molecule has 1 aromatic heterocycles. The van der Waals surface area contributed by atoms with Crippen molar-refractivity contribution in [3.05, 3.63) is 5.01 Å². The van der Waals surface area contributed by atoms with Gasteiger partial charge in [-0.3, -0.25) is 0 Å². The minimum atomic E-state index is -0.233. The highest BCUT2D eigenvalue weighted by Crippen LogP contribution is 2.51. The summed E-state index contributed by atoms with van der Waals surface area (Å²) < 4.78 is 5.81. The lowest BCUT2D eigenvalue weighted by Gasteiger charge is -2.56. The minimum Gasteiger partial charge on any atom is -0.392 e. The number of aliphatic hydroxyl groups is 1. The average molecular weight is 298 g/mol. The smallest absolute Gasteiger partial charge is 0.208 e. The molecule has 1 spiro atoms. The number of aliphatic hydroxyl groups excluding tert-OH is 1. The van der Waals surface area contributed by atoms with E-state index in [0.717, 1.165) is 42.5 Å². The summed E-state index contributed by atoms with van der Waals surface area (Å²) in [6.07, 6.45) is 2.57. The summed E-state index contributed by atoms with van der Waals surface area (Å²) in [6.45, 7) is 4.92. The van der Waals surface area contributed by atoms with Crippen LogP contribution in [0, 0.1) is 12.3 Å². The molecule has 112 valence electrons. The Kier molecular flexibility index (Phi) is 3.94. The SMILES string of the molecule is Cc1nnc(N2CCC3(CC2)[C@@H](O)C[C@H]3OCCN)s1. The Hall–Kier alpha value is -0.760. The van der Waals surface area contributed by atoms with Crippen molar-refractivity contribution in [1.82, 2.24) is 10.2 Å². The first-order valence-corrected chi connectivity index (χ1v) is 8.02. The molecular formula is C13H22N4O2S. The van der Waals surface area contributed by atoms with Crippen molar-refractivity contribution in [3.8, 4) is 0 Å². The van der Waals surface area contributed by atoms with Crippen molar-refractivity contribution in [2.75, 3.05) is 31.1 Å². The Balaban J connectivity index is 1.62. The highest BCUT2D eigenvalue weighted by atomic mass is 32.1. The maximum absolute atomic E-state index is 10.2. The summed E-state index contributed by atoms with van der Waals surface area (Å²) in [5, 5.41) is 20.5. The zero-order valence-corrected chi connectivity index (χ0v) is 12.6. The van der Waals surface area contributed by atoms with Crippen LogP contribution in [0.4, 0.5) is 5.13 Å². The van der Waals surface area contributed by atoms with E-state index in [1.807, 2.05) is 6.92 Å². The standard InChI is InChI=1S/C13H22N4O2S/c1-9-15-16-12(20-9)17-5-2-13(3-6-17)10(18)8-11(13)19-7-4-14/h10-11,18H,2-8,14H2,1H3/t10-,11+/m0/s1. The van der Waals surface area contributed by atoms with Crippen molar-refractivity contribution in [1.29, 1.82) is 0 Å². The molecule has 7 heteroatoms. The number of nitrogens with two attached hydrogens (primary N) is 1. The number of aromatic nitrogens is 2. The van der Waals surface area contributed by atoms with Crippen LogP contribution in [0.1, 0.15) is 24.3 Å². The summed E-state index contributed by atoms with van der Waals surface area (Å²) in [5.74, 6) is 0. The molecule has 2 fully saturated rings. The van der Waals surface area contributed by atoms with Crippen LogP contribution < -0.4 is 10.6 Å². The molecule has 1 aromatic rings. The molecule has 1 saturated heterocycles. The van der Waals surface area contributed by atoms with E-state index in [1.54, 1.807) is 11.3 Å². The third-order valence-corrected chi connectivity index (χ3v) is 5.56. The third-order valence-electron chi connectivity index (χ3n) is 4.66. The molecular weight excluding hydrogens is 276 g/mol. The van der Waals surface area contributed by atoms with Gasteiger partial charge >= 0.3 is 0 Å². The summed E-state index contributed by atoms with van der Waals surface area (Å²) in [4.78, 5) is 2.26. The number of aryl methyl sites for hydroxylation is 1. The lowest BCUT2D eigenvalue weighted by molar-refractivity contribution is -0.200. The van der Waals surface area contributed by atoms with Gasteiger partial charge in [0.25, 0.3) is 0 Å². The van der Waals surface area contributed by atoms with Gasteiger partial charge in [0.2, 0.25) is 5.13 Å². The molecule has 0 aromatic carbocycles. The second-order valence-corrected chi connectivity index (χ2v) is 6.88. The van der Waals surface area contributed by atoms with Crippen LogP contribution in [-0.4, -0.2) is 53.8 Å². The van der Waals surface area contributed by atoms with E-state index in [9.17, 15) is 5.11 Å². The fourth-order valence-corrected chi connectivity index (χ4v) is 4.09. The fraction of sp³-hybridized carbons (Fsp3) is 0.846. The molecule has 0 amide bonds. The maximum atomic E-state index is 10.2. The van der Waals surface area contributed by atoms with Crippen LogP contribution in [0.2, 0.25) is 0 Å². The lowest BCUT2D eigenvalue weighted by atomic mass is 9.58. The summed E-state index contributed by atoms with van der Waals surface area (Å²) in [6, 6.07) is 0. The fourth-order valence-electron chi connectivity index (χ4n) is 3.35. The molecule has 2 heterocycles. The predicted octanol–water partition coefficient (Wildman–Crippen LogP) is 0.542. The molecule has 2 aliphatic rings. The van der Waals surface area contributed by atoms with Crippen molar-refractivity contribution < 1.29 is 9.84 Å². The second kappa shape index (κ2) is 5.55. The van der Waals surface area contributed by atoms with Gasteiger partial charge in [0.15, 0.2) is 0 Å². The molecule has 6 nitrogen and oxygen atoms in total. The first-order valence-electron chi connectivity index (χ1n) is 7.20. The Morgan fingerprint density at radius 1 is 1.45 bits per heavy atom. The summed E-state index contributed by atoms with van der Waals surface area (Å²) in [5.41, 5.74) is 5.43. The number of rotatable bonds is 4. The van der Waals surface area contributed by atoms with E-state index >= 15 is 0 Å². The van der Waals surface area contributed by atoms with Gasteiger partial charge in [-0.05, 0) is 19.8 Å². The largest absolute Gasteiger partial charge is 0.392 e. The van der Waals surface area contributed by atoms with Crippen molar-refractivity contribution >= 4 is 16.5 Å². The second-order valence-electron chi connectivity index (χ2n) is 5.72. The Labute approximate surface area is 122 Å². The normalized spacial score (nSPS) is 28.6. The average Bonchev–Trinajstić information content (AvgIpc) is 2.90. The number of hydrogen-bond donors (Lipinski definition) is 2. The Bertz CT molecular complexity index is 459. The zero-order chi connectivity index (χ0) is 14.2. The van der Waals surface area contributed by atoms with Crippen molar-refractivity contribution in [2.45, 2.75) is 38.4 Å². The topological polar surface area (TPSA) is 84.5 Å². The van der Waals surface area contributed by atoms with Crippen molar-refractivity contribution in [3.63, 3.8) is 0 Å². The quantitative estimate of drug-likeness (QED) is 0.844. The van der Waals surface area contributed by atoms with E-state index in [2.05, 4.69) is 15.1 Å². The monoisotopic (exact) mass is 298 g/mol. The number of anilines is 1. The van der Waals surface area contributed by atoms with Gasteiger partial charge in [-0.25, -0.2) is 0 Å². The van der Waals surface area contributed by atoms with E-state index < -0.39 is 0 Å². The molecule has 3 N–H and O–H groups in total. The first kappa shape index (κ1) is 14.2. The highest BCUT2D eigenvalue weighted by Gasteiger charge is 2.56. The van der Waals surface area contributed by atoms with Crippen LogP contribution in [0.3, 0.4) is 0 Å². The van der Waals surface area contributed by atoms with Gasteiger partial charge in [0.05, 0.1) is 18.8 Å². The molecule has 0 unspecified atom stereocenters. The van der Waals surface area contributed by atoms with Crippen molar-refractivity contribution in [2.24, 2.45) is 11.1 Å². The van der Waals surface area contributed by atoms with E-state index in [0.29, 0.717) is 13.2 Å². The Morgan fingerprint density at radius 3 is 2.75 bits per heavy atom. The molecule has 2 atom stereocenters. The van der Waals surface area contributed by atoms with Crippen LogP contribution in [0.25, 0.3) is 0 Å². The van der Waals surface area contributed by atoms with Gasteiger partial charge in [0, 0.05) is 31.5 Å². The lowest BCUT2D eigenvalue weighted by Crippen LogP contribution is -2.62. The third kappa shape index (κ3) is 2.32. The molecule has 1 aliphatic carbocycles. The van der Waals surface area contributed by atoms with Crippen LogP contribution in [0.15, 0.2) is 0 Å². The molecule has 0 radical (unpaired) electrons. The van der Waals surface area contributed by atoms with Gasteiger partial charge in [-0.1, -0.05) is 11.3 Å². The molecule has 0 bridgehead atoms. The molecule has 3 rings (SSSR count). The van der Waals surface area contributed by atoms with Gasteiger partial charge in [0.1, 0.15) is 5.01 Å². The van der Waals surface area contributed by atoms with E-state index in [4.69, 9.17) is 10.5 Å². The van der Waals surface area contributed by atoms with Gasteiger partial charge < -0.3 is 20.5 Å². The highest BCUT2D eigenvalue weighted by molar-refractivity contribution is 7.15. The molecule has 20 heavy (non-hydrogen) atoms. The molecule has 1 aliphatic heterocycles. The zero-order valence-electron chi connectivity index (χ0n) is 11.8. The minimum absolute atomic E-state index is 0.0641. The summed E-state index contributed by atoms with van der Waals surface area (Å²) >= 11 is 1.63. The van der Waals surface area contributed by atoms with E-state index in [-0.39, 0.29) is 17.6 Å². The summed E-state index contributed by atoms with van der Waals surface area (Å²) in [7, 11) is 0. The maximum Gasteiger partial charge on any atom is 0.208 e. The number of ether oxygens (including phenoxy) is 1. The molecule has 1 saturated carbocycles. The van der Waals surface area contributed by atoms with Crippen LogP contribution >= 0.6 is 11.3 Å².